The highest BCUT2D eigenvalue weighted by Crippen LogP contribution is 2.43. The molecule has 0 saturated heterocycles. The lowest BCUT2D eigenvalue weighted by Gasteiger charge is -2.32. The lowest BCUT2D eigenvalue weighted by atomic mass is 9.72. The highest BCUT2D eigenvalue weighted by molar-refractivity contribution is 5.20. The summed E-state index contributed by atoms with van der Waals surface area (Å²) in [6.45, 7) is 2.48. The third-order valence-corrected chi connectivity index (χ3v) is 3.80. The Morgan fingerprint density at radius 2 is 1.46 bits per heavy atom. The molecule has 0 atom stereocenters. The van der Waals surface area contributed by atoms with Crippen LogP contribution < -0.4 is 0 Å². The molecule has 0 bridgehead atoms. The van der Waals surface area contributed by atoms with Crippen LogP contribution in [-0.2, 0) is 0 Å². The van der Waals surface area contributed by atoms with Gasteiger partial charge in [0.05, 0.1) is 0 Å². The van der Waals surface area contributed by atoms with E-state index in [0.29, 0.717) is 5.41 Å². The van der Waals surface area contributed by atoms with Gasteiger partial charge < -0.3 is 0 Å². The molecule has 0 spiro atoms. The molecule has 1 saturated carbocycles. The van der Waals surface area contributed by atoms with Crippen molar-refractivity contribution >= 4 is 0 Å². The van der Waals surface area contributed by atoms with Crippen LogP contribution >= 0.6 is 0 Å². The van der Waals surface area contributed by atoms with Crippen LogP contribution in [0.3, 0.4) is 0 Å². The van der Waals surface area contributed by atoms with Crippen molar-refractivity contribution in [2.45, 2.75) is 45.4 Å². The molecule has 0 aromatic carbocycles. The minimum absolute atomic E-state index is 0.569. The van der Waals surface area contributed by atoms with Gasteiger partial charge in [-0.05, 0) is 18.3 Å². The summed E-state index contributed by atoms with van der Waals surface area (Å²) in [6, 6.07) is 0. The minimum atomic E-state index is 0.569. The third kappa shape index (κ3) is 1.87. The van der Waals surface area contributed by atoms with E-state index in [-0.39, 0.29) is 0 Å². The molecule has 1 fully saturated rings. The second-order valence-electron chi connectivity index (χ2n) is 4.86. The lowest BCUT2D eigenvalue weighted by Crippen LogP contribution is -2.23. The molecule has 0 aromatic rings. The fourth-order valence-corrected chi connectivity index (χ4v) is 2.77. The van der Waals surface area contributed by atoms with E-state index >= 15 is 0 Å². The SMILES string of the molecule is CC1(C2C=CC=C2)CCCCCC1. The number of hydrogen-bond acceptors (Lipinski definition) is 0. The summed E-state index contributed by atoms with van der Waals surface area (Å²) in [4.78, 5) is 0. The van der Waals surface area contributed by atoms with E-state index in [0.717, 1.165) is 5.92 Å². The van der Waals surface area contributed by atoms with E-state index < -0.39 is 0 Å². The summed E-state index contributed by atoms with van der Waals surface area (Å²) in [7, 11) is 0. The summed E-state index contributed by atoms with van der Waals surface area (Å²) < 4.78 is 0. The van der Waals surface area contributed by atoms with Crippen LogP contribution in [0.15, 0.2) is 24.3 Å². The maximum absolute atomic E-state index is 2.48. The van der Waals surface area contributed by atoms with Gasteiger partial charge in [0.2, 0.25) is 0 Å². The first-order valence-corrected chi connectivity index (χ1v) is 5.66. The average Bonchev–Trinajstić information content (AvgIpc) is 2.57. The van der Waals surface area contributed by atoms with Crippen LogP contribution in [-0.4, -0.2) is 0 Å². The highest BCUT2D eigenvalue weighted by Gasteiger charge is 2.31. The van der Waals surface area contributed by atoms with Crippen LogP contribution in [0, 0.1) is 11.3 Å². The molecule has 0 nitrogen and oxygen atoms in total. The largest absolute Gasteiger partial charge is 0.0771 e. The lowest BCUT2D eigenvalue weighted by molar-refractivity contribution is 0.229. The van der Waals surface area contributed by atoms with Gasteiger partial charge >= 0.3 is 0 Å². The molecule has 0 radical (unpaired) electrons. The average molecular weight is 176 g/mol. The fourth-order valence-electron chi connectivity index (χ4n) is 2.77. The predicted octanol–water partition coefficient (Wildman–Crippen LogP) is 4.09. The number of allylic oxidation sites excluding steroid dienone is 4. The number of rotatable bonds is 1. The van der Waals surface area contributed by atoms with Crippen molar-refractivity contribution in [1.82, 2.24) is 0 Å². The van der Waals surface area contributed by atoms with E-state index in [2.05, 4.69) is 31.2 Å². The second kappa shape index (κ2) is 3.69. The van der Waals surface area contributed by atoms with Gasteiger partial charge in [0.1, 0.15) is 0 Å². The Morgan fingerprint density at radius 3 is 2.00 bits per heavy atom. The van der Waals surface area contributed by atoms with Crippen molar-refractivity contribution in [2.24, 2.45) is 11.3 Å². The summed E-state index contributed by atoms with van der Waals surface area (Å²) >= 11 is 0. The zero-order chi connectivity index (χ0) is 9.15. The van der Waals surface area contributed by atoms with E-state index in [1.807, 2.05) is 0 Å². The normalized spacial score (nSPS) is 27.8. The molecule has 0 amide bonds. The molecule has 72 valence electrons. The molecule has 0 heteroatoms. The molecule has 0 aromatic heterocycles. The van der Waals surface area contributed by atoms with Crippen molar-refractivity contribution in [3.63, 3.8) is 0 Å². The van der Waals surface area contributed by atoms with Crippen molar-refractivity contribution in [3.8, 4) is 0 Å². The minimum Gasteiger partial charge on any atom is -0.0771 e. The maximum atomic E-state index is 2.48. The van der Waals surface area contributed by atoms with E-state index in [1.54, 1.807) is 0 Å². The molecular formula is C13H20. The Balaban J connectivity index is 2.07. The molecule has 0 heterocycles. The Kier molecular flexibility index (Phi) is 2.57. The molecule has 2 aliphatic rings. The Bertz CT molecular complexity index is 202. The molecule has 13 heavy (non-hydrogen) atoms. The van der Waals surface area contributed by atoms with Crippen molar-refractivity contribution in [1.29, 1.82) is 0 Å². The third-order valence-electron chi connectivity index (χ3n) is 3.80. The van der Waals surface area contributed by atoms with Gasteiger partial charge in [-0.15, -0.1) is 0 Å². The van der Waals surface area contributed by atoms with Gasteiger partial charge in [-0.25, -0.2) is 0 Å². The van der Waals surface area contributed by atoms with Gasteiger partial charge in [-0.1, -0.05) is 56.9 Å². The van der Waals surface area contributed by atoms with Crippen LogP contribution in [0.1, 0.15) is 45.4 Å². The van der Waals surface area contributed by atoms with Crippen LogP contribution in [0.4, 0.5) is 0 Å². The number of hydrogen-bond donors (Lipinski definition) is 0. The summed E-state index contributed by atoms with van der Waals surface area (Å²) in [5.74, 6) is 0.727. The topological polar surface area (TPSA) is 0 Å². The van der Waals surface area contributed by atoms with Gasteiger partial charge in [0.15, 0.2) is 0 Å². The zero-order valence-electron chi connectivity index (χ0n) is 8.63. The van der Waals surface area contributed by atoms with E-state index in [4.69, 9.17) is 0 Å². The Morgan fingerprint density at radius 1 is 0.923 bits per heavy atom. The first kappa shape index (κ1) is 9.05. The summed E-state index contributed by atoms with van der Waals surface area (Å²) in [5, 5.41) is 0. The molecule has 2 rings (SSSR count). The quantitative estimate of drug-likeness (QED) is 0.528. The molecule has 2 aliphatic carbocycles. The monoisotopic (exact) mass is 176 g/mol. The van der Waals surface area contributed by atoms with Gasteiger partial charge in [-0.2, -0.15) is 0 Å². The van der Waals surface area contributed by atoms with Crippen LogP contribution in [0.5, 0.6) is 0 Å². The molecule has 0 unspecified atom stereocenters. The predicted molar refractivity (Wildman–Crippen MR) is 57.6 cm³/mol. The molecular weight excluding hydrogens is 156 g/mol. The van der Waals surface area contributed by atoms with Gasteiger partial charge in [0, 0.05) is 5.92 Å². The van der Waals surface area contributed by atoms with Gasteiger partial charge in [0.25, 0.3) is 0 Å². The summed E-state index contributed by atoms with van der Waals surface area (Å²) in [5.41, 5.74) is 0.569. The fraction of sp³-hybridized carbons (Fsp3) is 0.692. The maximum Gasteiger partial charge on any atom is 0.000663 e. The standard InChI is InChI=1S/C13H20/c1-13(12-8-4-5-9-12)10-6-2-3-7-11-13/h4-5,8-9,12H,2-3,6-7,10-11H2,1H3. The first-order valence-electron chi connectivity index (χ1n) is 5.66. The van der Waals surface area contributed by atoms with E-state index in [1.165, 1.54) is 38.5 Å². The zero-order valence-corrected chi connectivity index (χ0v) is 8.63. The van der Waals surface area contributed by atoms with Gasteiger partial charge in [-0.3, -0.25) is 0 Å². The van der Waals surface area contributed by atoms with Crippen molar-refractivity contribution in [2.75, 3.05) is 0 Å². The Labute approximate surface area is 81.7 Å². The first-order chi connectivity index (χ1) is 6.31. The highest BCUT2D eigenvalue weighted by atomic mass is 14.4. The van der Waals surface area contributed by atoms with E-state index in [9.17, 15) is 0 Å². The molecule has 0 aliphatic heterocycles. The van der Waals surface area contributed by atoms with Crippen molar-refractivity contribution < 1.29 is 0 Å². The van der Waals surface area contributed by atoms with Crippen molar-refractivity contribution in [3.05, 3.63) is 24.3 Å². The second-order valence-corrected chi connectivity index (χ2v) is 4.86. The van der Waals surface area contributed by atoms with Crippen LogP contribution in [0.2, 0.25) is 0 Å². The summed E-state index contributed by atoms with van der Waals surface area (Å²) in [6.07, 6.45) is 17.8. The van der Waals surface area contributed by atoms with Crippen LogP contribution in [0.25, 0.3) is 0 Å². The molecule has 0 N–H and O–H groups in total. The Hall–Kier alpha value is -0.520. The smallest absolute Gasteiger partial charge is 0.000663 e.